The lowest BCUT2D eigenvalue weighted by Gasteiger charge is -2.47. The van der Waals surface area contributed by atoms with Gasteiger partial charge in [-0.1, -0.05) is 24.2 Å². The van der Waals surface area contributed by atoms with Crippen molar-refractivity contribution in [3.63, 3.8) is 0 Å². The molecule has 3 aliphatic rings. The van der Waals surface area contributed by atoms with Crippen LogP contribution in [0.1, 0.15) is 32.7 Å². The molecule has 0 radical (unpaired) electrons. The minimum atomic E-state index is -0.642. The minimum absolute atomic E-state index is 0. The third-order valence-corrected chi connectivity index (χ3v) is 7.40. The molecule has 7 heteroatoms. The monoisotopic (exact) mass is 398 g/mol. The van der Waals surface area contributed by atoms with Crippen LogP contribution < -0.4 is 5.32 Å². The van der Waals surface area contributed by atoms with E-state index < -0.39 is 5.97 Å². The molecule has 2 atom stereocenters. The molecule has 28 heavy (non-hydrogen) atoms. The smallest absolute Gasteiger partial charge is 0.303 e. The summed E-state index contributed by atoms with van der Waals surface area (Å²) in [6.45, 7) is 2.95. The van der Waals surface area contributed by atoms with Gasteiger partial charge in [-0.15, -0.1) is 0 Å². The number of likely N-dealkylation sites (tertiary alicyclic amines) is 1. The molecule has 1 aliphatic carbocycles. The zero-order valence-corrected chi connectivity index (χ0v) is 16.5. The number of piperidine rings is 1. The number of carboxylic acid groups (broad SMARTS) is 1. The molecular weight excluding hydrogens is 372 g/mol. The van der Waals surface area contributed by atoms with Crippen LogP contribution in [0.3, 0.4) is 0 Å². The van der Waals surface area contributed by atoms with E-state index in [-0.39, 0.29) is 1.43 Å². The summed E-state index contributed by atoms with van der Waals surface area (Å²) < 4.78 is 0. The topological polar surface area (TPSA) is 78.4 Å². The molecule has 0 spiro atoms. The number of aliphatic carboxylic acids is 1. The van der Waals surface area contributed by atoms with Gasteiger partial charge in [0.25, 0.3) is 0 Å². The molecule has 5 rings (SSSR count). The fraction of sp³-hybridized carbons (Fsp3) is 0.476. The van der Waals surface area contributed by atoms with Crippen molar-refractivity contribution in [2.75, 3.05) is 18.4 Å². The lowest BCUT2D eigenvalue weighted by Crippen LogP contribution is -2.48. The highest BCUT2D eigenvalue weighted by molar-refractivity contribution is 7.99. The summed E-state index contributed by atoms with van der Waals surface area (Å²) in [4.78, 5) is 23.7. The van der Waals surface area contributed by atoms with Gasteiger partial charge in [-0.25, -0.2) is 9.97 Å². The van der Waals surface area contributed by atoms with E-state index in [0.29, 0.717) is 24.2 Å². The molecule has 3 heterocycles. The second-order valence-electron chi connectivity index (χ2n) is 8.17. The lowest BCUT2D eigenvalue weighted by atomic mass is 9.67. The van der Waals surface area contributed by atoms with E-state index in [1.54, 1.807) is 24.2 Å². The summed E-state index contributed by atoms with van der Waals surface area (Å²) in [5, 5.41) is 13.6. The van der Waals surface area contributed by atoms with E-state index in [4.69, 9.17) is 0 Å². The summed E-state index contributed by atoms with van der Waals surface area (Å²) in [7, 11) is 0. The van der Waals surface area contributed by atoms with Crippen molar-refractivity contribution < 1.29 is 11.3 Å². The van der Waals surface area contributed by atoms with Crippen LogP contribution in [-0.2, 0) is 11.3 Å². The highest BCUT2D eigenvalue weighted by Crippen LogP contribution is 2.44. The second-order valence-corrected chi connectivity index (χ2v) is 9.21. The molecule has 1 aromatic carbocycles. The van der Waals surface area contributed by atoms with Crippen molar-refractivity contribution >= 4 is 29.2 Å². The zero-order chi connectivity index (χ0) is 19.1. The standard InChI is InChI=1S/C21H24N4O2S.H2/c26-19(27)9-16-14-2-1-3-15(16)12-25(11-14)10-13-4-5-18-17(8-13)24-20-21(28-18)23-7-6-22-20;/h4-8,14-16H,1-3,9-12H2,(H,22,24)(H,26,27);1H. The van der Waals surface area contributed by atoms with E-state index in [2.05, 4.69) is 38.4 Å². The van der Waals surface area contributed by atoms with Crippen LogP contribution in [0.15, 0.2) is 40.5 Å². The van der Waals surface area contributed by atoms with Crippen LogP contribution in [-0.4, -0.2) is 39.0 Å². The maximum Gasteiger partial charge on any atom is 0.303 e. The first-order valence-corrected chi connectivity index (χ1v) is 10.8. The number of fused-ring (bicyclic) bond motifs is 4. The Balaban J connectivity index is 0.00000205. The van der Waals surface area contributed by atoms with Crippen molar-refractivity contribution in [2.24, 2.45) is 17.8 Å². The Morgan fingerprint density at radius 2 is 2.04 bits per heavy atom. The Kier molecular flexibility index (Phi) is 4.72. The van der Waals surface area contributed by atoms with Gasteiger partial charge in [-0.05, 0) is 48.3 Å². The summed E-state index contributed by atoms with van der Waals surface area (Å²) in [6, 6.07) is 6.59. The normalized spacial score (nSPS) is 26.1. The van der Waals surface area contributed by atoms with E-state index in [0.717, 1.165) is 36.2 Å². The van der Waals surface area contributed by atoms with E-state index >= 15 is 0 Å². The van der Waals surface area contributed by atoms with E-state index in [1.807, 2.05) is 0 Å². The van der Waals surface area contributed by atoms with Crippen LogP contribution in [0.4, 0.5) is 11.5 Å². The molecule has 1 aromatic heterocycles. The van der Waals surface area contributed by atoms with Crippen molar-refractivity contribution in [3.8, 4) is 0 Å². The highest BCUT2D eigenvalue weighted by Gasteiger charge is 2.40. The van der Waals surface area contributed by atoms with Crippen LogP contribution >= 0.6 is 11.8 Å². The Hall–Kier alpha value is -2.12. The molecule has 6 nitrogen and oxygen atoms in total. The van der Waals surface area contributed by atoms with Gasteiger partial charge in [-0.2, -0.15) is 0 Å². The third-order valence-electron chi connectivity index (χ3n) is 6.33. The second kappa shape index (κ2) is 7.37. The molecule has 2 N–H and O–H groups in total. The molecule has 2 bridgehead atoms. The zero-order valence-electron chi connectivity index (χ0n) is 15.7. The number of carboxylic acids is 1. The predicted molar refractivity (Wildman–Crippen MR) is 110 cm³/mol. The molecule has 1 saturated heterocycles. The molecule has 2 aromatic rings. The molecule has 2 aliphatic heterocycles. The molecule has 148 valence electrons. The lowest BCUT2D eigenvalue weighted by molar-refractivity contribution is -0.140. The maximum absolute atomic E-state index is 11.3. The summed E-state index contributed by atoms with van der Waals surface area (Å²) in [5.74, 6) is 1.59. The minimum Gasteiger partial charge on any atom is -0.481 e. The van der Waals surface area contributed by atoms with Crippen LogP contribution in [0.5, 0.6) is 0 Å². The third kappa shape index (κ3) is 3.49. The number of aromatic nitrogens is 2. The summed E-state index contributed by atoms with van der Waals surface area (Å²) in [6.07, 6.45) is 7.36. The summed E-state index contributed by atoms with van der Waals surface area (Å²) in [5.41, 5.74) is 2.38. The van der Waals surface area contributed by atoms with E-state index in [9.17, 15) is 9.90 Å². The number of hydrogen-bond acceptors (Lipinski definition) is 6. The molecular formula is C21H26N4O2S. The Morgan fingerprint density at radius 1 is 1.25 bits per heavy atom. The molecule has 0 amide bonds. The van der Waals surface area contributed by atoms with E-state index in [1.165, 1.54) is 29.7 Å². The van der Waals surface area contributed by atoms with Crippen molar-refractivity contribution in [1.29, 1.82) is 0 Å². The maximum atomic E-state index is 11.3. The first kappa shape index (κ1) is 17.9. The SMILES string of the molecule is O=C(O)CC1C2CCCC1CN(Cc1ccc3c(c1)Nc1nccnc1S3)C2.[HH]. The number of rotatable bonds is 4. The molecule has 2 unspecified atom stereocenters. The van der Waals surface area contributed by atoms with Gasteiger partial charge in [0.2, 0.25) is 0 Å². The first-order chi connectivity index (χ1) is 13.7. The van der Waals surface area contributed by atoms with Gasteiger partial charge in [0.05, 0.1) is 5.69 Å². The summed E-state index contributed by atoms with van der Waals surface area (Å²) >= 11 is 1.65. The Labute approximate surface area is 170 Å². The number of benzene rings is 1. The number of nitrogens with zero attached hydrogens (tertiary/aromatic N) is 3. The van der Waals surface area contributed by atoms with Crippen LogP contribution in [0, 0.1) is 17.8 Å². The number of carbonyl (C=O) groups is 1. The van der Waals surface area contributed by atoms with Crippen LogP contribution in [0.2, 0.25) is 0 Å². The van der Waals surface area contributed by atoms with Gasteiger partial charge >= 0.3 is 5.97 Å². The fourth-order valence-electron chi connectivity index (χ4n) is 5.15. The predicted octanol–water partition coefficient (Wildman–Crippen LogP) is 4.25. The largest absolute Gasteiger partial charge is 0.481 e. The van der Waals surface area contributed by atoms with Crippen molar-refractivity contribution in [1.82, 2.24) is 14.9 Å². The number of anilines is 2. The number of hydrogen-bond donors (Lipinski definition) is 2. The highest BCUT2D eigenvalue weighted by atomic mass is 32.2. The van der Waals surface area contributed by atoms with Gasteiger partial charge in [0, 0.05) is 44.8 Å². The van der Waals surface area contributed by atoms with Gasteiger partial charge in [0.15, 0.2) is 5.82 Å². The fourth-order valence-corrected chi connectivity index (χ4v) is 6.03. The van der Waals surface area contributed by atoms with Crippen molar-refractivity contribution in [3.05, 3.63) is 36.2 Å². The average molecular weight is 399 g/mol. The van der Waals surface area contributed by atoms with Gasteiger partial charge < -0.3 is 10.4 Å². The Morgan fingerprint density at radius 3 is 2.82 bits per heavy atom. The average Bonchev–Trinajstić information content (AvgIpc) is 2.66. The quantitative estimate of drug-likeness (QED) is 0.680. The van der Waals surface area contributed by atoms with Gasteiger partial charge in [-0.3, -0.25) is 9.69 Å². The first-order valence-electron chi connectivity index (χ1n) is 9.98. The molecule has 1 saturated carbocycles. The van der Waals surface area contributed by atoms with Gasteiger partial charge in [0.1, 0.15) is 5.03 Å². The number of nitrogens with one attached hydrogen (secondary N) is 1. The van der Waals surface area contributed by atoms with Crippen LogP contribution in [0.25, 0.3) is 0 Å². The molecule has 2 fully saturated rings. The van der Waals surface area contributed by atoms with Crippen molar-refractivity contribution in [2.45, 2.75) is 42.1 Å². The Bertz CT molecular complexity index is 898.